The smallest absolute Gasteiger partial charge is 0.398 e. The van der Waals surface area contributed by atoms with Crippen LogP contribution in [0.2, 0.25) is 0 Å². The molecule has 0 radical (unpaired) electrons. The highest BCUT2D eigenvalue weighted by Crippen LogP contribution is 2.55. The molecule has 0 amide bonds. The lowest BCUT2D eigenvalue weighted by molar-refractivity contribution is -0.143. The lowest BCUT2D eigenvalue weighted by Gasteiger charge is -2.14. The molecule has 4 rings (SSSR count). The average Bonchev–Trinajstić information content (AvgIpc) is 3.71. The standard InChI is InChI=1S/C25H10F15N5/c26-8-4(9(27)15(33)7(14(8)32)25(38,39)40)20(41)1-2(21(42)5-10(28)16(34)23(44)17(35)11(5)29)3(1)22(43)6-12(30)18(36)24(45)19(37)13(6)31/h41-45H2. The third kappa shape index (κ3) is 4.62. The molecule has 0 aliphatic heterocycles. The fraction of sp³-hybridized carbons (Fsp3) is 0.0400. The quantitative estimate of drug-likeness (QED) is 0.134. The molecule has 0 unspecified atom stereocenters. The first-order valence-corrected chi connectivity index (χ1v) is 11.3. The highest BCUT2D eigenvalue weighted by molar-refractivity contribution is 6.05. The van der Waals surface area contributed by atoms with Gasteiger partial charge in [-0.25, -0.2) is 52.7 Å². The van der Waals surface area contributed by atoms with Crippen LogP contribution >= 0.6 is 0 Å². The Morgan fingerprint density at radius 3 is 0.756 bits per heavy atom. The first kappa shape index (κ1) is 32.7. The fourth-order valence-corrected chi connectivity index (χ4v) is 4.26. The van der Waals surface area contributed by atoms with Gasteiger partial charge in [0.15, 0.2) is 69.8 Å². The third-order valence-electron chi connectivity index (χ3n) is 6.45. The zero-order valence-electron chi connectivity index (χ0n) is 21.1. The molecule has 1 aliphatic carbocycles. The van der Waals surface area contributed by atoms with E-state index in [4.69, 9.17) is 28.7 Å². The van der Waals surface area contributed by atoms with Crippen LogP contribution in [0.3, 0.4) is 0 Å². The van der Waals surface area contributed by atoms with Crippen molar-refractivity contribution in [1.82, 2.24) is 0 Å². The second-order valence-corrected chi connectivity index (χ2v) is 8.96. The monoisotopic (exact) mass is 665 g/mol. The molecule has 45 heavy (non-hydrogen) atoms. The van der Waals surface area contributed by atoms with E-state index in [0.717, 1.165) is 0 Å². The maximum atomic E-state index is 14.8. The number of anilines is 2. The number of nitrogen functional groups attached to an aromatic ring is 2. The van der Waals surface area contributed by atoms with Crippen LogP contribution in [0.5, 0.6) is 0 Å². The van der Waals surface area contributed by atoms with Gasteiger partial charge in [-0.15, -0.1) is 0 Å². The maximum absolute atomic E-state index is 14.8. The van der Waals surface area contributed by atoms with Gasteiger partial charge in [0, 0.05) is 16.7 Å². The number of halogens is 15. The molecule has 5 nitrogen and oxygen atoms in total. The maximum Gasteiger partial charge on any atom is 0.422 e. The second-order valence-electron chi connectivity index (χ2n) is 8.96. The number of benzene rings is 3. The van der Waals surface area contributed by atoms with Crippen molar-refractivity contribution >= 4 is 28.5 Å². The van der Waals surface area contributed by atoms with Crippen LogP contribution in [0.1, 0.15) is 22.3 Å². The number of rotatable bonds is 3. The van der Waals surface area contributed by atoms with Crippen molar-refractivity contribution < 1.29 is 65.9 Å². The summed E-state index contributed by atoms with van der Waals surface area (Å²) in [7, 11) is 0. The summed E-state index contributed by atoms with van der Waals surface area (Å²) >= 11 is 0. The van der Waals surface area contributed by atoms with Gasteiger partial charge >= 0.3 is 6.18 Å². The molecule has 3 aromatic carbocycles. The van der Waals surface area contributed by atoms with Gasteiger partial charge in [0.05, 0.1) is 33.8 Å². The number of allylic oxidation sites excluding steroid dienone is 3. The van der Waals surface area contributed by atoms with Crippen molar-refractivity contribution in [1.29, 1.82) is 0 Å². The van der Waals surface area contributed by atoms with Crippen LogP contribution in [0.15, 0.2) is 16.7 Å². The van der Waals surface area contributed by atoms with E-state index >= 15 is 0 Å². The molecule has 0 saturated heterocycles. The summed E-state index contributed by atoms with van der Waals surface area (Å²) in [5, 5.41) is 0. The minimum Gasteiger partial charge on any atom is -0.398 e. The molecule has 1 aliphatic rings. The zero-order chi connectivity index (χ0) is 34.4. The first-order chi connectivity index (χ1) is 20.6. The Hall–Kier alpha value is -5.17. The summed E-state index contributed by atoms with van der Waals surface area (Å²) in [5.41, 5.74) is 5.12. The molecule has 0 atom stereocenters. The number of hydrogen-bond acceptors (Lipinski definition) is 5. The van der Waals surface area contributed by atoms with Crippen LogP contribution in [0, 0.1) is 69.8 Å². The largest absolute Gasteiger partial charge is 0.422 e. The van der Waals surface area contributed by atoms with E-state index in [0.29, 0.717) is 0 Å². The summed E-state index contributed by atoms with van der Waals surface area (Å²) < 4.78 is 213. The van der Waals surface area contributed by atoms with E-state index in [1.165, 1.54) is 0 Å². The minimum atomic E-state index is -6.03. The van der Waals surface area contributed by atoms with E-state index < -0.39 is 143 Å². The molecule has 240 valence electrons. The lowest BCUT2D eigenvalue weighted by Crippen LogP contribution is -2.18. The average molecular weight is 665 g/mol. The van der Waals surface area contributed by atoms with Gasteiger partial charge in [0.1, 0.15) is 16.9 Å². The Morgan fingerprint density at radius 1 is 0.356 bits per heavy atom. The van der Waals surface area contributed by atoms with E-state index in [1.54, 1.807) is 0 Å². The van der Waals surface area contributed by atoms with Gasteiger partial charge in [-0.1, -0.05) is 0 Å². The fourth-order valence-electron chi connectivity index (χ4n) is 4.26. The minimum absolute atomic E-state index is 1.28. The Labute approximate surface area is 238 Å². The molecule has 1 saturated carbocycles. The second kappa shape index (κ2) is 10.5. The van der Waals surface area contributed by atoms with Gasteiger partial charge in [-0.2, -0.15) is 13.2 Å². The van der Waals surface area contributed by atoms with Crippen molar-refractivity contribution in [2.75, 3.05) is 11.5 Å². The van der Waals surface area contributed by atoms with Crippen LogP contribution < -0.4 is 28.7 Å². The van der Waals surface area contributed by atoms with Crippen molar-refractivity contribution in [2.24, 2.45) is 17.2 Å². The van der Waals surface area contributed by atoms with E-state index in [1.807, 2.05) is 0 Å². The molecule has 0 spiro atoms. The summed E-state index contributed by atoms with van der Waals surface area (Å²) in [6, 6.07) is 0. The first-order valence-electron chi connectivity index (χ1n) is 11.3. The molecule has 0 bridgehead atoms. The molecular weight excluding hydrogens is 655 g/mol. The summed E-state index contributed by atoms with van der Waals surface area (Å²) in [6.07, 6.45) is -6.03. The van der Waals surface area contributed by atoms with Crippen LogP contribution in [0.4, 0.5) is 77.2 Å². The van der Waals surface area contributed by atoms with E-state index in [2.05, 4.69) is 0 Å². The predicted molar refractivity (Wildman–Crippen MR) is 126 cm³/mol. The van der Waals surface area contributed by atoms with Gasteiger partial charge in [-0.3, -0.25) is 0 Å². The molecule has 3 aromatic rings. The molecule has 0 heterocycles. The highest BCUT2D eigenvalue weighted by atomic mass is 19.4. The van der Waals surface area contributed by atoms with Gasteiger partial charge in [0.25, 0.3) is 0 Å². The summed E-state index contributed by atoms with van der Waals surface area (Å²) in [5.74, 6) is -30.5. The van der Waals surface area contributed by atoms with Crippen LogP contribution in [-0.4, -0.2) is 0 Å². The molecular formula is C25H10F15N5. The van der Waals surface area contributed by atoms with Crippen molar-refractivity contribution in [3.63, 3.8) is 0 Å². The molecule has 1 fully saturated rings. The Morgan fingerprint density at radius 2 is 0.556 bits per heavy atom. The van der Waals surface area contributed by atoms with Crippen molar-refractivity contribution in [3.8, 4) is 0 Å². The summed E-state index contributed by atoms with van der Waals surface area (Å²) in [6.45, 7) is 0. The van der Waals surface area contributed by atoms with Crippen LogP contribution in [-0.2, 0) is 6.18 Å². The van der Waals surface area contributed by atoms with Crippen molar-refractivity contribution in [2.45, 2.75) is 6.18 Å². The number of nitrogens with two attached hydrogens (primary N) is 5. The van der Waals surface area contributed by atoms with E-state index in [-0.39, 0.29) is 0 Å². The normalized spacial score (nSPS) is 15.5. The SMILES string of the molecule is NC(=C1C(=C(N)c2c(F)c(F)c(N)c(F)c2F)C1=C(N)c1c(F)c(F)c(C(F)(F)F)c(F)c1F)c1c(F)c(F)c(N)c(F)c1F. The topological polar surface area (TPSA) is 130 Å². The van der Waals surface area contributed by atoms with Gasteiger partial charge in [-0.05, 0) is 0 Å². The third-order valence-corrected chi connectivity index (χ3v) is 6.45. The predicted octanol–water partition coefficient (Wildman–Crippen LogP) is 5.96. The molecule has 0 aromatic heterocycles. The van der Waals surface area contributed by atoms with Gasteiger partial charge in [0.2, 0.25) is 0 Å². The van der Waals surface area contributed by atoms with Gasteiger partial charge < -0.3 is 28.7 Å². The van der Waals surface area contributed by atoms with Crippen LogP contribution in [0.25, 0.3) is 17.1 Å². The Bertz CT molecular complexity index is 1780. The Kier molecular flexibility index (Phi) is 7.62. The number of hydrogen-bond donors (Lipinski definition) is 5. The molecule has 10 N–H and O–H groups in total. The highest BCUT2D eigenvalue weighted by Gasteiger charge is 2.46. The summed E-state index contributed by atoms with van der Waals surface area (Å²) in [4.78, 5) is 0. The van der Waals surface area contributed by atoms with E-state index in [9.17, 15) is 65.9 Å². The number of alkyl halides is 3. The van der Waals surface area contributed by atoms with Crippen molar-refractivity contribution in [3.05, 3.63) is 109 Å². The Balaban J connectivity index is 2.22. The lowest BCUT2D eigenvalue weighted by atomic mass is 10.0. The zero-order valence-corrected chi connectivity index (χ0v) is 21.1. The molecule has 20 heteroatoms.